The number of hydrogen-bond acceptors (Lipinski definition) is 3. The van der Waals surface area contributed by atoms with Gasteiger partial charge in [-0.2, -0.15) is 0 Å². The minimum atomic E-state index is -0.0694. The second-order valence-corrected chi connectivity index (χ2v) is 1.27. The zero-order valence-corrected chi connectivity index (χ0v) is 4.14. The number of ether oxygens (including phenoxy) is 1. The molecule has 0 saturated heterocycles. The summed E-state index contributed by atoms with van der Waals surface area (Å²) < 4.78 is 4.80. The second-order valence-electron chi connectivity index (χ2n) is 1.27. The number of methoxy groups -OCH3 is 1. The Morgan fingerprint density at radius 3 is 3.14 bits per heavy atom. The van der Waals surface area contributed by atoms with Gasteiger partial charge in [-0.1, -0.05) is 0 Å². The molecule has 1 rings (SSSR count). The standard InChI is InChI=1S/C4H7N2O/c1-7-4-2-5-3-6-4/h4,6H,3H2,1H3. The van der Waals surface area contributed by atoms with Crippen molar-refractivity contribution < 1.29 is 4.74 Å². The first-order valence-electron chi connectivity index (χ1n) is 2.11. The monoisotopic (exact) mass is 99.1 g/mol. The van der Waals surface area contributed by atoms with Gasteiger partial charge in [0.05, 0.1) is 6.67 Å². The first-order chi connectivity index (χ1) is 3.43. The van der Waals surface area contributed by atoms with E-state index in [2.05, 4.69) is 16.5 Å². The van der Waals surface area contributed by atoms with E-state index in [1.54, 1.807) is 7.11 Å². The minimum Gasteiger partial charge on any atom is -0.361 e. The molecular weight excluding hydrogens is 92.1 g/mol. The maximum atomic E-state index is 4.80. The Kier molecular flexibility index (Phi) is 1.38. The van der Waals surface area contributed by atoms with Crippen LogP contribution in [0.4, 0.5) is 0 Å². The van der Waals surface area contributed by atoms with Crippen LogP contribution in [0, 0.1) is 0 Å². The smallest absolute Gasteiger partial charge is 0.153 e. The maximum Gasteiger partial charge on any atom is 0.153 e. The van der Waals surface area contributed by atoms with Crippen LogP contribution in [-0.4, -0.2) is 26.2 Å². The van der Waals surface area contributed by atoms with E-state index in [1.807, 2.05) is 0 Å². The first kappa shape index (κ1) is 4.74. The van der Waals surface area contributed by atoms with E-state index >= 15 is 0 Å². The fraction of sp³-hybridized carbons (Fsp3) is 0.750. The summed E-state index contributed by atoms with van der Waals surface area (Å²) >= 11 is 0. The summed E-state index contributed by atoms with van der Waals surface area (Å²) in [6.45, 7) is 0.637. The fourth-order valence-electron chi connectivity index (χ4n) is 0.439. The molecule has 1 N–H and O–H groups in total. The van der Waals surface area contributed by atoms with E-state index in [-0.39, 0.29) is 6.23 Å². The van der Waals surface area contributed by atoms with Crippen molar-refractivity contribution in [3.63, 3.8) is 0 Å². The summed E-state index contributed by atoms with van der Waals surface area (Å²) in [6.07, 6.45) is 2.63. The molecule has 0 aromatic heterocycles. The van der Waals surface area contributed by atoms with Crippen molar-refractivity contribution >= 4 is 6.21 Å². The largest absolute Gasteiger partial charge is 0.361 e. The lowest BCUT2D eigenvalue weighted by Gasteiger charge is -2.00. The van der Waals surface area contributed by atoms with Crippen molar-refractivity contribution in [1.29, 1.82) is 0 Å². The van der Waals surface area contributed by atoms with E-state index in [0.29, 0.717) is 6.67 Å². The molecule has 0 bridgehead atoms. The van der Waals surface area contributed by atoms with Crippen LogP contribution in [0.2, 0.25) is 0 Å². The normalized spacial score (nSPS) is 29.0. The summed E-state index contributed by atoms with van der Waals surface area (Å²) in [5, 5.41) is 2.91. The van der Waals surface area contributed by atoms with Gasteiger partial charge < -0.3 is 4.74 Å². The molecule has 1 aliphatic rings. The third-order valence-electron chi connectivity index (χ3n) is 0.800. The fourth-order valence-corrected chi connectivity index (χ4v) is 0.439. The number of aliphatic imine (C=N–C) groups is 1. The summed E-state index contributed by atoms with van der Waals surface area (Å²) in [4.78, 5) is 3.75. The summed E-state index contributed by atoms with van der Waals surface area (Å²) in [5.74, 6) is 0. The molecule has 39 valence electrons. The van der Waals surface area contributed by atoms with Crippen molar-refractivity contribution in [3.05, 3.63) is 0 Å². The van der Waals surface area contributed by atoms with Crippen LogP contribution in [0.15, 0.2) is 4.99 Å². The van der Waals surface area contributed by atoms with Crippen molar-refractivity contribution in [2.45, 2.75) is 6.23 Å². The zero-order chi connectivity index (χ0) is 5.11. The van der Waals surface area contributed by atoms with Gasteiger partial charge in [0.15, 0.2) is 6.23 Å². The van der Waals surface area contributed by atoms with Gasteiger partial charge in [-0.15, -0.1) is 0 Å². The van der Waals surface area contributed by atoms with E-state index < -0.39 is 0 Å². The van der Waals surface area contributed by atoms with Gasteiger partial charge in [0.1, 0.15) is 6.21 Å². The maximum absolute atomic E-state index is 4.80. The highest BCUT2D eigenvalue weighted by Crippen LogP contribution is 1.85. The molecule has 1 unspecified atom stereocenters. The topological polar surface area (TPSA) is 33.6 Å². The molecule has 3 nitrogen and oxygen atoms in total. The van der Waals surface area contributed by atoms with E-state index in [9.17, 15) is 0 Å². The molecule has 1 radical (unpaired) electrons. The zero-order valence-electron chi connectivity index (χ0n) is 4.14. The molecule has 0 aromatic rings. The number of nitrogens with zero attached hydrogens (tertiary/aromatic N) is 1. The van der Waals surface area contributed by atoms with Gasteiger partial charge >= 0.3 is 0 Å². The molecule has 1 atom stereocenters. The third-order valence-corrected chi connectivity index (χ3v) is 0.800. The molecule has 0 aromatic carbocycles. The lowest BCUT2D eigenvalue weighted by atomic mass is 10.7. The molecule has 0 aliphatic carbocycles. The van der Waals surface area contributed by atoms with Crippen LogP contribution in [0.1, 0.15) is 0 Å². The van der Waals surface area contributed by atoms with E-state index in [1.165, 1.54) is 0 Å². The number of hydrogen-bond donors (Lipinski definition) is 1. The molecular formula is C4H7N2O. The third kappa shape index (κ3) is 0.976. The molecule has 0 fully saturated rings. The highest BCUT2D eigenvalue weighted by Gasteiger charge is 2.05. The summed E-state index contributed by atoms with van der Waals surface area (Å²) in [5.41, 5.74) is 0. The average molecular weight is 99.1 g/mol. The Morgan fingerprint density at radius 1 is 2.00 bits per heavy atom. The van der Waals surface area contributed by atoms with Crippen LogP contribution in [0.3, 0.4) is 0 Å². The molecule has 1 heterocycles. The van der Waals surface area contributed by atoms with Crippen molar-refractivity contribution in [1.82, 2.24) is 5.32 Å². The molecule has 0 saturated carbocycles. The van der Waals surface area contributed by atoms with Gasteiger partial charge in [-0.3, -0.25) is 10.3 Å². The molecule has 0 spiro atoms. The van der Waals surface area contributed by atoms with Crippen LogP contribution in [0.25, 0.3) is 0 Å². The predicted octanol–water partition coefficient (Wildman–Crippen LogP) is -0.533. The second kappa shape index (κ2) is 2.04. The summed E-state index contributed by atoms with van der Waals surface area (Å²) in [7, 11) is 1.62. The van der Waals surface area contributed by atoms with Gasteiger partial charge in [0.25, 0.3) is 0 Å². The van der Waals surface area contributed by atoms with Gasteiger partial charge in [0, 0.05) is 7.11 Å². The highest BCUT2D eigenvalue weighted by molar-refractivity contribution is 5.64. The van der Waals surface area contributed by atoms with Crippen LogP contribution in [-0.2, 0) is 4.74 Å². The molecule has 1 aliphatic heterocycles. The van der Waals surface area contributed by atoms with Gasteiger partial charge in [0.2, 0.25) is 0 Å². The molecule has 0 amide bonds. The lowest BCUT2D eigenvalue weighted by molar-refractivity contribution is 0.140. The quantitative estimate of drug-likeness (QED) is 0.479. The number of rotatable bonds is 1. The van der Waals surface area contributed by atoms with Crippen molar-refractivity contribution in [3.8, 4) is 0 Å². The van der Waals surface area contributed by atoms with Crippen LogP contribution in [0.5, 0.6) is 0 Å². The van der Waals surface area contributed by atoms with Crippen molar-refractivity contribution in [2.24, 2.45) is 4.99 Å². The highest BCUT2D eigenvalue weighted by atomic mass is 16.5. The van der Waals surface area contributed by atoms with E-state index in [0.717, 1.165) is 0 Å². The molecule has 7 heavy (non-hydrogen) atoms. The SMILES string of the molecule is COC1[C]=NCN1. The Labute approximate surface area is 42.4 Å². The Balaban J connectivity index is 2.28. The Bertz CT molecular complexity index is 81.8. The Morgan fingerprint density at radius 2 is 2.86 bits per heavy atom. The van der Waals surface area contributed by atoms with Gasteiger partial charge in [-0.25, -0.2) is 0 Å². The minimum absolute atomic E-state index is 0.0694. The summed E-state index contributed by atoms with van der Waals surface area (Å²) in [6, 6.07) is 0. The number of nitrogens with one attached hydrogen (secondary N) is 1. The van der Waals surface area contributed by atoms with Gasteiger partial charge in [-0.05, 0) is 0 Å². The van der Waals surface area contributed by atoms with Crippen LogP contribution >= 0.6 is 0 Å². The predicted molar refractivity (Wildman–Crippen MR) is 26.2 cm³/mol. The average Bonchev–Trinajstić information content (AvgIpc) is 2.14. The lowest BCUT2D eigenvalue weighted by Crippen LogP contribution is -2.25. The van der Waals surface area contributed by atoms with E-state index in [4.69, 9.17) is 4.74 Å². The molecule has 3 heteroatoms. The Hall–Kier alpha value is -0.410. The first-order valence-corrected chi connectivity index (χ1v) is 2.11. The van der Waals surface area contributed by atoms with Crippen LogP contribution < -0.4 is 5.32 Å². The van der Waals surface area contributed by atoms with Crippen molar-refractivity contribution in [2.75, 3.05) is 13.8 Å².